The number of hydrogen-bond donors (Lipinski definition) is 0. The van der Waals surface area contributed by atoms with Crippen LogP contribution in [-0.2, 0) is 9.53 Å². The first-order valence-corrected chi connectivity index (χ1v) is 5.77. The number of rotatable bonds is 4. The highest BCUT2D eigenvalue weighted by Crippen LogP contribution is 2.32. The molecule has 1 fully saturated rings. The van der Waals surface area contributed by atoms with Gasteiger partial charge in [-0.3, -0.25) is 10.1 Å². The van der Waals surface area contributed by atoms with E-state index in [4.69, 9.17) is 14.2 Å². The largest absolute Gasteiger partial charge is 0.493 e. The van der Waals surface area contributed by atoms with Crippen molar-refractivity contribution in [3.63, 3.8) is 0 Å². The maximum absolute atomic E-state index is 11.8. The first-order valence-electron chi connectivity index (χ1n) is 5.77. The zero-order chi connectivity index (χ0) is 13.8. The Balaban J connectivity index is 2.19. The fraction of sp³-hybridized carbons (Fsp3) is 0.417. The number of carbonyl (C=O) groups excluding carboxylic acids is 1. The van der Waals surface area contributed by atoms with Gasteiger partial charge in [0.15, 0.2) is 17.6 Å². The molecule has 0 bridgehead atoms. The Hall–Kier alpha value is -2.15. The topological polar surface area (TPSA) is 87.9 Å². The van der Waals surface area contributed by atoms with Gasteiger partial charge in [0, 0.05) is 12.7 Å². The van der Waals surface area contributed by atoms with E-state index in [9.17, 15) is 14.9 Å². The molecule has 19 heavy (non-hydrogen) atoms. The van der Waals surface area contributed by atoms with Gasteiger partial charge < -0.3 is 14.2 Å². The predicted octanol–water partition coefficient (Wildman–Crippen LogP) is 1.69. The van der Waals surface area contributed by atoms with Gasteiger partial charge in [0.1, 0.15) is 0 Å². The van der Waals surface area contributed by atoms with Crippen LogP contribution in [0, 0.1) is 10.1 Å². The van der Waals surface area contributed by atoms with Crippen LogP contribution >= 0.6 is 0 Å². The van der Waals surface area contributed by atoms with Crippen molar-refractivity contribution in [3.05, 3.63) is 28.3 Å². The first-order chi connectivity index (χ1) is 9.11. The van der Waals surface area contributed by atoms with E-state index in [1.54, 1.807) is 0 Å². The van der Waals surface area contributed by atoms with Gasteiger partial charge in [0.05, 0.1) is 18.1 Å². The first kappa shape index (κ1) is 13.3. The zero-order valence-electron chi connectivity index (χ0n) is 10.3. The third-order valence-electron chi connectivity index (χ3n) is 2.76. The molecule has 1 atom stereocenters. The van der Waals surface area contributed by atoms with Crippen LogP contribution in [0.4, 0.5) is 5.69 Å². The molecule has 0 radical (unpaired) electrons. The summed E-state index contributed by atoms with van der Waals surface area (Å²) in [6.07, 6.45) is 0.783. The number of ether oxygens (including phenoxy) is 3. The van der Waals surface area contributed by atoms with Crippen LogP contribution in [0.25, 0.3) is 0 Å². The van der Waals surface area contributed by atoms with Crippen LogP contribution in [-0.4, -0.2) is 30.7 Å². The second-order valence-corrected chi connectivity index (χ2v) is 4.02. The normalized spacial score (nSPS) is 18.1. The summed E-state index contributed by atoms with van der Waals surface area (Å²) in [6, 6.07) is 3.82. The minimum atomic E-state index is -0.607. The highest BCUT2D eigenvalue weighted by Gasteiger charge is 2.27. The maximum atomic E-state index is 11.8. The summed E-state index contributed by atoms with van der Waals surface area (Å²) in [5, 5.41) is 10.7. The van der Waals surface area contributed by atoms with Crippen LogP contribution < -0.4 is 9.47 Å². The van der Waals surface area contributed by atoms with Gasteiger partial charge in [-0.15, -0.1) is 0 Å². The summed E-state index contributed by atoms with van der Waals surface area (Å²) in [5.41, 5.74) is -0.170. The second-order valence-electron chi connectivity index (χ2n) is 4.02. The molecule has 1 aliphatic heterocycles. The molecular weight excluding hydrogens is 254 g/mol. The monoisotopic (exact) mass is 267 g/mol. The third kappa shape index (κ3) is 3.00. The third-order valence-corrected chi connectivity index (χ3v) is 2.76. The smallest absolute Gasteiger partial charge is 0.340 e. The Morgan fingerprint density at radius 2 is 2.26 bits per heavy atom. The average Bonchev–Trinajstić information content (AvgIpc) is 2.92. The van der Waals surface area contributed by atoms with Crippen molar-refractivity contribution in [1.29, 1.82) is 0 Å². The lowest BCUT2D eigenvalue weighted by Crippen LogP contribution is -2.25. The Bertz CT molecular complexity index is 495. The van der Waals surface area contributed by atoms with E-state index >= 15 is 0 Å². The number of carbonyl (C=O) groups is 1. The Kier molecular flexibility index (Phi) is 3.96. The van der Waals surface area contributed by atoms with Crippen molar-refractivity contribution < 1.29 is 23.9 Å². The van der Waals surface area contributed by atoms with Crippen LogP contribution in [0.2, 0.25) is 0 Å². The summed E-state index contributed by atoms with van der Waals surface area (Å²) in [6.45, 7) is 0.520. The highest BCUT2D eigenvalue weighted by atomic mass is 16.6. The Labute approximate surface area is 109 Å². The van der Waals surface area contributed by atoms with E-state index in [1.165, 1.54) is 19.2 Å². The molecule has 102 valence electrons. The highest BCUT2D eigenvalue weighted by molar-refractivity contribution is 5.78. The van der Waals surface area contributed by atoms with Gasteiger partial charge in [-0.1, -0.05) is 0 Å². The lowest BCUT2D eigenvalue weighted by Gasteiger charge is -2.11. The van der Waals surface area contributed by atoms with Crippen molar-refractivity contribution in [3.8, 4) is 11.5 Å². The minimum absolute atomic E-state index is 0.0252. The number of esters is 1. The number of non-ortho nitro benzene ring substituents is 1. The summed E-state index contributed by atoms with van der Waals surface area (Å²) in [7, 11) is 1.39. The van der Waals surface area contributed by atoms with E-state index in [1.807, 2.05) is 0 Å². The van der Waals surface area contributed by atoms with Crippen molar-refractivity contribution in [2.45, 2.75) is 18.9 Å². The lowest BCUT2D eigenvalue weighted by molar-refractivity contribution is -0.384. The van der Waals surface area contributed by atoms with Gasteiger partial charge in [-0.05, 0) is 18.9 Å². The SMILES string of the molecule is COc1ccc([N+](=O)[O-])cc1OC(=O)C1CCCO1. The van der Waals surface area contributed by atoms with Gasteiger partial charge in [0.25, 0.3) is 5.69 Å². The predicted molar refractivity (Wildman–Crippen MR) is 64.3 cm³/mol. The minimum Gasteiger partial charge on any atom is -0.493 e. The molecule has 2 rings (SSSR count). The average molecular weight is 267 g/mol. The van der Waals surface area contributed by atoms with Crippen molar-refractivity contribution >= 4 is 11.7 Å². The number of hydrogen-bond acceptors (Lipinski definition) is 6. The molecule has 0 N–H and O–H groups in total. The number of nitro groups is 1. The Morgan fingerprint density at radius 3 is 2.84 bits per heavy atom. The van der Waals surface area contributed by atoms with E-state index in [0.29, 0.717) is 13.0 Å². The number of nitro benzene ring substituents is 1. The summed E-state index contributed by atoms with van der Waals surface area (Å²) < 4.78 is 15.3. The molecule has 0 spiro atoms. The number of benzene rings is 1. The van der Waals surface area contributed by atoms with Crippen LogP contribution in [0.15, 0.2) is 18.2 Å². The summed E-state index contributed by atoms with van der Waals surface area (Å²) in [4.78, 5) is 21.9. The molecule has 0 aromatic heterocycles. The molecule has 0 aliphatic carbocycles. The van der Waals surface area contributed by atoms with Gasteiger partial charge >= 0.3 is 5.97 Å². The summed E-state index contributed by atoms with van der Waals surface area (Å²) >= 11 is 0. The Morgan fingerprint density at radius 1 is 1.47 bits per heavy atom. The van der Waals surface area contributed by atoms with Gasteiger partial charge in [-0.2, -0.15) is 0 Å². The van der Waals surface area contributed by atoms with E-state index in [2.05, 4.69) is 0 Å². The quantitative estimate of drug-likeness (QED) is 0.357. The second kappa shape index (κ2) is 5.66. The van der Waals surface area contributed by atoms with Crippen LogP contribution in [0.3, 0.4) is 0 Å². The van der Waals surface area contributed by atoms with Gasteiger partial charge in [-0.25, -0.2) is 4.79 Å². The van der Waals surface area contributed by atoms with E-state index in [0.717, 1.165) is 12.5 Å². The van der Waals surface area contributed by atoms with Gasteiger partial charge in [0.2, 0.25) is 0 Å². The standard InChI is InChI=1S/C12H13NO6/c1-17-9-5-4-8(13(15)16)7-11(9)19-12(14)10-3-2-6-18-10/h4-5,7,10H,2-3,6H2,1H3. The molecular formula is C12H13NO6. The molecule has 1 unspecified atom stereocenters. The zero-order valence-corrected chi connectivity index (χ0v) is 10.3. The molecule has 0 amide bonds. The maximum Gasteiger partial charge on any atom is 0.340 e. The fourth-order valence-corrected chi connectivity index (χ4v) is 1.80. The van der Waals surface area contributed by atoms with E-state index in [-0.39, 0.29) is 17.2 Å². The summed E-state index contributed by atoms with van der Waals surface area (Å²) in [5.74, 6) is -0.273. The molecule has 1 aromatic rings. The van der Waals surface area contributed by atoms with Crippen LogP contribution in [0.1, 0.15) is 12.8 Å². The fourth-order valence-electron chi connectivity index (χ4n) is 1.80. The molecule has 1 aliphatic rings. The van der Waals surface area contributed by atoms with Crippen LogP contribution in [0.5, 0.6) is 11.5 Å². The molecule has 1 heterocycles. The number of methoxy groups -OCH3 is 1. The lowest BCUT2D eigenvalue weighted by atomic mass is 10.2. The van der Waals surface area contributed by atoms with Crippen molar-refractivity contribution in [1.82, 2.24) is 0 Å². The van der Waals surface area contributed by atoms with Crippen molar-refractivity contribution in [2.24, 2.45) is 0 Å². The van der Waals surface area contributed by atoms with E-state index < -0.39 is 17.0 Å². The van der Waals surface area contributed by atoms with Crippen molar-refractivity contribution in [2.75, 3.05) is 13.7 Å². The number of nitrogens with zero attached hydrogens (tertiary/aromatic N) is 1. The molecule has 7 nitrogen and oxygen atoms in total. The molecule has 1 aromatic carbocycles. The molecule has 1 saturated heterocycles. The molecule has 7 heteroatoms. The molecule has 0 saturated carbocycles.